The molecule has 0 saturated heterocycles. The molecule has 1 atom stereocenters. The highest BCUT2D eigenvalue weighted by Crippen LogP contribution is 2.40. The van der Waals surface area contributed by atoms with Gasteiger partial charge in [-0.05, 0) is 69.0 Å². The second-order valence-corrected chi connectivity index (χ2v) is 7.99. The third kappa shape index (κ3) is 2.55. The first-order valence-corrected chi connectivity index (χ1v) is 9.03. The molecular formula is C15H14Br2N2O2S. The Kier molecular flexibility index (Phi) is 4.22. The highest BCUT2D eigenvalue weighted by atomic mass is 79.9. The predicted octanol–water partition coefficient (Wildman–Crippen LogP) is 4.75. The second kappa shape index (κ2) is 5.86. The monoisotopic (exact) mass is 444 g/mol. The molecule has 0 radical (unpaired) electrons. The van der Waals surface area contributed by atoms with Crippen LogP contribution in [0.4, 0.5) is 5.00 Å². The van der Waals surface area contributed by atoms with E-state index in [1.54, 1.807) is 18.4 Å². The van der Waals surface area contributed by atoms with Gasteiger partial charge in [0.05, 0.1) is 21.6 Å². The lowest BCUT2D eigenvalue weighted by molar-refractivity contribution is 0.0936. The van der Waals surface area contributed by atoms with Gasteiger partial charge in [-0.3, -0.25) is 4.79 Å². The number of carbonyl (C=O) groups excluding carboxylic acids is 1. The van der Waals surface area contributed by atoms with E-state index in [4.69, 9.17) is 4.74 Å². The number of ether oxygens (including phenoxy) is 1. The quantitative estimate of drug-likeness (QED) is 0.700. The average Bonchev–Trinajstić information content (AvgIpc) is 2.74. The van der Waals surface area contributed by atoms with Crippen LogP contribution in [0.2, 0.25) is 0 Å². The van der Waals surface area contributed by atoms with Crippen molar-refractivity contribution in [1.82, 2.24) is 5.32 Å². The molecule has 0 bridgehead atoms. The van der Waals surface area contributed by atoms with Crippen LogP contribution in [0.25, 0.3) is 0 Å². The molecule has 7 heteroatoms. The second-order valence-electron chi connectivity index (χ2n) is 5.06. The summed E-state index contributed by atoms with van der Waals surface area (Å²) in [6.45, 7) is 4.01. The first-order valence-electron chi connectivity index (χ1n) is 6.62. The van der Waals surface area contributed by atoms with Gasteiger partial charge in [-0.25, -0.2) is 0 Å². The van der Waals surface area contributed by atoms with Crippen molar-refractivity contribution in [2.75, 3.05) is 12.4 Å². The summed E-state index contributed by atoms with van der Waals surface area (Å²) in [6.07, 6.45) is -0.268. The summed E-state index contributed by atoms with van der Waals surface area (Å²) < 4.78 is 6.98. The number of rotatable bonds is 2. The van der Waals surface area contributed by atoms with Crippen LogP contribution in [0.1, 0.15) is 32.5 Å². The Bertz CT molecular complexity index is 750. The molecule has 2 heterocycles. The van der Waals surface area contributed by atoms with E-state index in [0.717, 1.165) is 41.3 Å². The van der Waals surface area contributed by atoms with Crippen LogP contribution in [0.15, 0.2) is 21.1 Å². The molecule has 1 aliphatic rings. The summed E-state index contributed by atoms with van der Waals surface area (Å²) in [5.41, 5.74) is 2.74. The Hall–Kier alpha value is -1.05. The topological polar surface area (TPSA) is 50.4 Å². The van der Waals surface area contributed by atoms with Gasteiger partial charge in [0.1, 0.15) is 16.9 Å². The van der Waals surface area contributed by atoms with Crippen LogP contribution in [0.3, 0.4) is 0 Å². The first kappa shape index (κ1) is 15.8. The maximum absolute atomic E-state index is 12.4. The van der Waals surface area contributed by atoms with Gasteiger partial charge in [0.2, 0.25) is 0 Å². The van der Waals surface area contributed by atoms with Crippen molar-refractivity contribution < 1.29 is 9.53 Å². The fourth-order valence-corrected chi connectivity index (χ4v) is 5.11. The Morgan fingerprint density at radius 2 is 1.82 bits per heavy atom. The van der Waals surface area contributed by atoms with Gasteiger partial charge in [0.25, 0.3) is 5.91 Å². The molecule has 4 nitrogen and oxygen atoms in total. The maximum Gasteiger partial charge on any atom is 0.256 e. The third-order valence-electron chi connectivity index (χ3n) is 3.72. The normalized spacial score (nSPS) is 16.8. The minimum absolute atomic E-state index is 0.0383. The average molecular weight is 446 g/mol. The zero-order valence-corrected chi connectivity index (χ0v) is 16.2. The number of amides is 1. The smallest absolute Gasteiger partial charge is 0.256 e. The van der Waals surface area contributed by atoms with Gasteiger partial charge in [-0.2, -0.15) is 0 Å². The number of halogens is 2. The van der Waals surface area contributed by atoms with E-state index in [0.29, 0.717) is 0 Å². The van der Waals surface area contributed by atoms with Crippen molar-refractivity contribution in [3.05, 3.63) is 42.6 Å². The van der Waals surface area contributed by atoms with Crippen LogP contribution in [-0.4, -0.2) is 13.0 Å². The molecule has 2 aromatic rings. The van der Waals surface area contributed by atoms with Crippen molar-refractivity contribution in [3.63, 3.8) is 0 Å². The molecule has 0 unspecified atom stereocenters. The fraction of sp³-hybridized carbons (Fsp3) is 0.267. The molecule has 0 fully saturated rings. The van der Waals surface area contributed by atoms with Crippen LogP contribution >= 0.6 is 43.2 Å². The lowest BCUT2D eigenvalue weighted by Crippen LogP contribution is -2.38. The molecule has 116 valence electrons. The Morgan fingerprint density at radius 3 is 2.41 bits per heavy atom. The van der Waals surface area contributed by atoms with Gasteiger partial charge < -0.3 is 15.4 Å². The number of aryl methyl sites for hydroxylation is 1. The van der Waals surface area contributed by atoms with E-state index >= 15 is 0 Å². The minimum atomic E-state index is -0.268. The van der Waals surface area contributed by atoms with Gasteiger partial charge in [-0.15, -0.1) is 11.3 Å². The molecule has 0 aliphatic carbocycles. The molecule has 1 aromatic carbocycles. The van der Waals surface area contributed by atoms with Gasteiger partial charge in [0, 0.05) is 4.88 Å². The Labute approximate surface area is 149 Å². The molecule has 22 heavy (non-hydrogen) atoms. The standard InChI is InChI=1S/C15H14Br2N2O2S/c1-6-7(2)22-15-11(6)14(20)18-13(19-15)8-4-9(16)12(21-3)10(17)5-8/h4-5,13,19H,1-3H3,(H,18,20)/t13-/m0/s1. The number of methoxy groups -OCH3 is 1. The molecule has 0 spiro atoms. The lowest BCUT2D eigenvalue weighted by atomic mass is 10.1. The largest absolute Gasteiger partial charge is 0.494 e. The van der Waals surface area contributed by atoms with Gasteiger partial charge in [-0.1, -0.05) is 0 Å². The Balaban J connectivity index is 2.00. The first-order chi connectivity index (χ1) is 10.4. The number of hydrogen-bond donors (Lipinski definition) is 2. The summed E-state index contributed by atoms with van der Waals surface area (Å²) in [6, 6.07) is 3.89. The predicted molar refractivity (Wildman–Crippen MR) is 96.0 cm³/mol. The summed E-state index contributed by atoms with van der Waals surface area (Å²) in [4.78, 5) is 13.6. The van der Waals surface area contributed by atoms with E-state index in [2.05, 4.69) is 42.5 Å². The summed E-state index contributed by atoms with van der Waals surface area (Å²) in [5, 5.41) is 7.33. The van der Waals surface area contributed by atoms with Crippen molar-refractivity contribution in [3.8, 4) is 5.75 Å². The number of benzene rings is 1. The minimum Gasteiger partial charge on any atom is -0.494 e. The van der Waals surface area contributed by atoms with Crippen LogP contribution < -0.4 is 15.4 Å². The zero-order valence-electron chi connectivity index (χ0n) is 12.2. The molecule has 3 rings (SSSR count). The van der Waals surface area contributed by atoms with E-state index in [1.807, 2.05) is 26.0 Å². The third-order valence-corrected chi connectivity index (χ3v) is 6.04. The number of fused-ring (bicyclic) bond motifs is 1. The maximum atomic E-state index is 12.4. The van der Waals surface area contributed by atoms with Crippen molar-refractivity contribution in [2.45, 2.75) is 20.0 Å². The van der Waals surface area contributed by atoms with Crippen molar-refractivity contribution >= 4 is 54.1 Å². The highest BCUT2D eigenvalue weighted by molar-refractivity contribution is 9.11. The van der Waals surface area contributed by atoms with E-state index < -0.39 is 0 Å². The molecule has 0 saturated carbocycles. The molecular weight excluding hydrogens is 432 g/mol. The van der Waals surface area contributed by atoms with E-state index in [1.165, 1.54) is 0 Å². The van der Waals surface area contributed by atoms with Crippen molar-refractivity contribution in [2.24, 2.45) is 0 Å². The molecule has 1 aliphatic heterocycles. The number of hydrogen-bond acceptors (Lipinski definition) is 4. The van der Waals surface area contributed by atoms with Crippen LogP contribution in [0.5, 0.6) is 5.75 Å². The fourth-order valence-electron chi connectivity index (χ4n) is 2.48. The SMILES string of the molecule is COc1c(Br)cc([C@H]2NC(=O)c3c(sc(C)c3C)N2)cc1Br. The number of carbonyl (C=O) groups is 1. The number of nitrogens with one attached hydrogen (secondary N) is 2. The van der Waals surface area contributed by atoms with E-state index in [9.17, 15) is 4.79 Å². The van der Waals surface area contributed by atoms with E-state index in [-0.39, 0.29) is 12.1 Å². The number of anilines is 1. The molecule has 2 N–H and O–H groups in total. The summed E-state index contributed by atoms with van der Waals surface area (Å²) in [5.74, 6) is 0.693. The van der Waals surface area contributed by atoms with Gasteiger partial charge >= 0.3 is 0 Å². The molecule has 1 aromatic heterocycles. The zero-order chi connectivity index (χ0) is 16.0. The summed E-state index contributed by atoms with van der Waals surface area (Å²) in [7, 11) is 1.62. The lowest BCUT2D eigenvalue weighted by Gasteiger charge is -2.27. The number of thiophene rings is 1. The van der Waals surface area contributed by atoms with Crippen LogP contribution in [0, 0.1) is 13.8 Å². The Morgan fingerprint density at radius 1 is 1.18 bits per heavy atom. The van der Waals surface area contributed by atoms with Gasteiger partial charge in [0.15, 0.2) is 0 Å². The molecule has 1 amide bonds. The van der Waals surface area contributed by atoms with Crippen molar-refractivity contribution in [1.29, 1.82) is 0 Å². The van der Waals surface area contributed by atoms with Crippen LogP contribution in [-0.2, 0) is 0 Å². The summed E-state index contributed by atoms with van der Waals surface area (Å²) >= 11 is 8.60. The highest BCUT2D eigenvalue weighted by Gasteiger charge is 2.29.